The average Bonchev–Trinajstić information content (AvgIpc) is 3.19. The quantitative estimate of drug-likeness (QED) is 0.709. The topological polar surface area (TPSA) is 35.5 Å². The summed E-state index contributed by atoms with van der Waals surface area (Å²) in [6, 6.07) is 5.34. The van der Waals surface area contributed by atoms with Gasteiger partial charge in [-0.1, -0.05) is 12.8 Å². The minimum absolute atomic E-state index is 0.192. The number of hydrogen-bond donors (Lipinski definition) is 0. The average molecular weight is 234 g/mol. The number of benzene rings is 1. The summed E-state index contributed by atoms with van der Waals surface area (Å²) in [4.78, 5) is 11.9. The van der Waals surface area contributed by atoms with Crippen LogP contribution in [0.1, 0.15) is 36.0 Å². The second-order valence-corrected chi connectivity index (χ2v) is 4.47. The van der Waals surface area contributed by atoms with Gasteiger partial charge in [0.15, 0.2) is 17.3 Å². The number of carbonyl (C=O) groups excluding carboxylic acids is 1. The minimum Gasteiger partial charge on any atom is -0.493 e. The molecule has 1 aliphatic carbocycles. The van der Waals surface area contributed by atoms with Gasteiger partial charge in [0.05, 0.1) is 14.2 Å². The maximum absolute atomic E-state index is 11.9. The molecule has 0 unspecified atom stereocenters. The van der Waals surface area contributed by atoms with E-state index in [4.69, 9.17) is 9.47 Å². The zero-order valence-corrected chi connectivity index (χ0v) is 10.4. The van der Waals surface area contributed by atoms with E-state index >= 15 is 0 Å². The predicted molar refractivity (Wildman–Crippen MR) is 65.8 cm³/mol. The zero-order valence-electron chi connectivity index (χ0n) is 10.4. The maximum atomic E-state index is 11.9. The maximum Gasteiger partial charge on any atom is 0.163 e. The Morgan fingerprint density at radius 3 is 2.53 bits per heavy atom. The first-order valence-electron chi connectivity index (χ1n) is 6.00. The van der Waals surface area contributed by atoms with Crippen molar-refractivity contribution >= 4 is 5.78 Å². The van der Waals surface area contributed by atoms with Crippen molar-refractivity contribution < 1.29 is 14.3 Å². The lowest BCUT2D eigenvalue weighted by atomic mass is 10.0. The fraction of sp³-hybridized carbons (Fsp3) is 0.500. The fourth-order valence-electron chi connectivity index (χ4n) is 1.90. The van der Waals surface area contributed by atoms with Gasteiger partial charge in [-0.3, -0.25) is 4.79 Å². The number of Topliss-reactive ketones (excluding diaryl/α,β-unsaturated/α-hetero) is 1. The molecule has 0 atom stereocenters. The molecule has 1 saturated carbocycles. The Hall–Kier alpha value is -1.51. The van der Waals surface area contributed by atoms with Crippen molar-refractivity contribution in [2.75, 3.05) is 14.2 Å². The molecule has 1 aromatic carbocycles. The molecule has 0 spiro atoms. The summed E-state index contributed by atoms with van der Waals surface area (Å²) in [7, 11) is 3.17. The van der Waals surface area contributed by atoms with Gasteiger partial charge in [-0.15, -0.1) is 0 Å². The van der Waals surface area contributed by atoms with E-state index < -0.39 is 0 Å². The Balaban J connectivity index is 2.05. The molecule has 0 amide bonds. The Bertz CT molecular complexity index is 408. The van der Waals surface area contributed by atoms with Gasteiger partial charge < -0.3 is 9.47 Å². The lowest BCUT2D eigenvalue weighted by Crippen LogP contribution is -2.01. The van der Waals surface area contributed by atoms with Crippen LogP contribution in [-0.4, -0.2) is 20.0 Å². The Morgan fingerprint density at radius 2 is 1.94 bits per heavy atom. The molecule has 3 nitrogen and oxygen atoms in total. The first-order valence-corrected chi connectivity index (χ1v) is 6.00. The van der Waals surface area contributed by atoms with Gasteiger partial charge in [0.1, 0.15) is 0 Å². The van der Waals surface area contributed by atoms with Gasteiger partial charge in [-0.05, 0) is 30.5 Å². The zero-order chi connectivity index (χ0) is 12.3. The molecule has 1 aromatic rings. The summed E-state index contributed by atoms with van der Waals surface area (Å²) < 4.78 is 10.3. The van der Waals surface area contributed by atoms with Gasteiger partial charge in [-0.2, -0.15) is 0 Å². The van der Waals surface area contributed by atoms with Crippen molar-refractivity contribution in [3.63, 3.8) is 0 Å². The second kappa shape index (κ2) is 5.21. The molecule has 1 fully saturated rings. The van der Waals surface area contributed by atoms with Crippen LogP contribution in [0.4, 0.5) is 0 Å². The lowest BCUT2D eigenvalue weighted by Gasteiger charge is -2.08. The SMILES string of the molecule is COc1ccc(C(=O)CCC2CC2)cc1OC. The molecule has 0 saturated heterocycles. The Morgan fingerprint density at radius 1 is 1.24 bits per heavy atom. The summed E-state index contributed by atoms with van der Waals surface area (Å²) in [5, 5.41) is 0. The van der Waals surface area contributed by atoms with Crippen molar-refractivity contribution in [3.8, 4) is 11.5 Å². The third-order valence-electron chi connectivity index (χ3n) is 3.18. The first kappa shape index (κ1) is 12.0. The third kappa shape index (κ3) is 2.99. The molecule has 0 heterocycles. The van der Waals surface area contributed by atoms with Gasteiger partial charge in [0, 0.05) is 12.0 Å². The van der Waals surface area contributed by atoms with Crippen molar-refractivity contribution in [3.05, 3.63) is 23.8 Å². The van der Waals surface area contributed by atoms with Crippen LogP contribution in [0, 0.1) is 5.92 Å². The number of hydrogen-bond acceptors (Lipinski definition) is 3. The van der Waals surface area contributed by atoms with Crippen LogP contribution < -0.4 is 9.47 Å². The van der Waals surface area contributed by atoms with E-state index in [1.165, 1.54) is 12.8 Å². The van der Waals surface area contributed by atoms with Gasteiger partial charge in [0.2, 0.25) is 0 Å². The molecule has 0 bridgehead atoms. The molecule has 1 aliphatic rings. The normalized spacial score (nSPS) is 14.5. The number of ether oxygens (including phenoxy) is 2. The van der Waals surface area contributed by atoms with Gasteiger partial charge in [-0.25, -0.2) is 0 Å². The monoisotopic (exact) mass is 234 g/mol. The Labute approximate surface area is 102 Å². The van der Waals surface area contributed by atoms with Crippen molar-refractivity contribution in [1.82, 2.24) is 0 Å². The largest absolute Gasteiger partial charge is 0.493 e. The molecule has 2 rings (SSSR count). The van der Waals surface area contributed by atoms with Crippen LogP contribution in [0.15, 0.2) is 18.2 Å². The van der Waals surface area contributed by atoms with E-state index in [2.05, 4.69) is 0 Å². The molecule has 0 aliphatic heterocycles. The summed E-state index contributed by atoms with van der Waals surface area (Å²) in [6.45, 7) is 0. The third-order valence-corrected chi connectivity index (χ3v) is 3.18. The van der Waals surface area contributed by atoms with Crippen molar-refractivity contribution in [1.29, 1.82) is 0 Å². The van der Waals surface area contributed by atoms with Crippen LogP contribution in [0.3, 0.4) is 0 Å². The number of ketones is 1. The van der Waals surface area contributed by atoms with Crippen molar-refractivity contribution in [2.24, 2.45) is 5.92 Å². The summed E-state index contributed by atoms with van der Waals surface area (Å²) >= 11 is 0. The highest BCUT2D eigenvalue weighted by Gasteiger charge is 2.22. The lowest BCUT2D eigenvalue weighted by molar-refractivity contribution is 0.0977. The smallest absolute Gasteiger partial charge is 0.163 e. The van der Waals surface area contributed by atoms with E-state index in [9.17, 15) is 4.79 Å². The highest BCUT2D eigenvalue weighted by atomic mass is 16.5. The molecule has 3 heteroatoms. The fourth-order valence-corrected chi connectivity index (χ4v) is 1.90. The number of methoxy groups -OCH3 is 2. The molecule has 0 aromatic heterocycles. The molecular weight excluding hydrogens is 216 g/mol. The molecule has 0 N–H and O–H groups in total. The van der Waals surface area contributed by atoms with E-state index in [-0.39, 0.29) is 5.78 Å². The first-order chi connectivity index (χ1) is 8.24. The standard InChI is InChI=1S/C14H18O3/c1-16-13-8-6-11(9-14(13)17-2)12(15)7-5-10-3-4-10/h6,8-10H,3-5,7H2,1-2H3. The molecule has 92 valence electrons. The molecular formula is C14H18O3. The van der Waals surface area contributed by atoms with Crippen LogP contribution >= 0.6 is 0 Å². The van der Waals surface area contributed by atoms with Crippen LogP contribution in [0.5, 0.6) is 11.5 Å². The van der Waals surface area contributed by atoms with E-state index in [1.54, 1.807) is 32.4 Å². The van der Waals surface area contributed by atoms with Crippen molar-refractivity contribution in [2.45, 2.75) is 25.7 Å². The Kier molecular flexibility index (Phi) is 3.67. The van der Waals surface area contributed by atoms with E-state index in [0.29, 0.717) is 23.5 Å². The van der Waals surface area contributed by atoms with Gasteiger partial charge >= 0.3 is 0 Å². The summed E-state index contributed by atoms with van der Waals surface area (Å²) in [6.07, 6.45) is 4.24. The highest BCUT2D eigenvalue weighted by molar-refractivity contribution is 5.96. The highest BCUT2D eigenvalue weighted by Crippen LogP contribution is 2.34. The number of carbonyl (C=O) groups is 1. The molecule has 17 heavy (non-hydrogen) atoms. The van der Waals surface area contributed by atoms with Gasteiger partial charge in [0.25, 0.3) is 0 Å². The minimum atomic E-state index is 0.192. The summed E-state index contributed by atoms with van der Waals surface area (Å²) in [5.74, 6) is 2.26. The second-order valence-electron chi connectivity index (χ2n) is 4.47. The van der Waals surface area contributed by atoms with Crippen LogP contribution in [0.2, 0.25) is 0 Å². The van der Waals surface area contributed by atoms with Crippen LogP contribution in [0.25, 0.3) is 0 Å². The van der Waals surface area contributed by atoms with Crippen LogP contribution in [-0.2, 0) is 0 Å². The summed E-state index contributed by atoms with van der Waals surface area (Å²) in [5.41, 5.74) is 0.711. The molecule has 0 radical (unpaired) electrons. The predicted octanol–water partition coefficient (Wildman–Crippen LogP) is 3.08. The van der Waals surface area contributed by atoms with E-state index in [0.717, 1.165) is 12.3 Å². The number of rotatable bonds is 6. The van der Waals surface area contributed by atoms with E-state index in [1.807, 2.05) is 0 Å².